The molecule has 1 saturated heterocycles. The number of hydrogen-bond donors (Lipinski definition) is 3. The van der Waals surface area contributed by atoms with Gasteiger partial charge in [-0.25, -0.2) is 0 Å². The van der Waals surface area contributed by atoms with Crippen LogP contribution in [0.1, 0.15) is 63.8 Å². The Balaban J connectivity index is 1.47. The number of piperidine rings is 1. The predicted molar refractivity (Wildman–Crippen MR) is 136 cm³/mol. The van der Waals surface area contributed by atoms with Crippen molar-refractivity contribution in [3.63, 3.8) is 0 Å². The molecule has 0 radical (unpaired) electrons. The Kier molecular flexibility index (Phi) is 7.59. The number of nitrogens with two attached hydrogens (primary N) is 1. The molecule has 1 aromatic heterocycles. The summed E-state index contributed by atoms with van der Waals surface area (Å²) in [7, 11) is 0. The number of aliphatic hydroxyl groups is 1. The van der Waals surface area contributed by atoms with Crippen molar-refractivity contribution in [2.45, 2.75) is 76.6 Å². The van der Waals surface area contributed by atoms with E-state index >= 15 is 0 Å². The molecule has 5 nitrogen and oxygen atoms in total. The lowest BCUT2D eigenvalue weighted by Gasteiger charge is -2.46. The highest BCUT2D eigenvalue weighted by molar-refractivity contribution is 7.10. The first-order valence-corrected chi connectivity index (χ1v) is 13.2. The number of rotatable bonds is 6. The predicted octanol–water partition coefficient (Wildman–Crippen LogP) is 4.57. The van der Waals surface area contributed by atoms with E-state index in [4.69, 9.17) is 5.73 Å². The summed E-state index contributed by atoms with van der Waals surface area (Å²) in [6.07, 6.45) is 5.14. The van der Waals surface area contributed by atoms with Crippen LogP contribution in [0.4, 0.5) is 0 Å². The molecule has 5 atom stereocenters. The third kappa shape index (κ3) is 6.04. The first kappa shape index (κ1) is 24.4. The number of nitrogens with zero attached hydrogens (tertiary/aromatic N) is 1. The highest BCUT2D eigenvalue weighted by Gasteiger charge is 2.41. The van der Waals surface area contributed by atoms with Crippen molar-refractivity contribution in [2.75, 3.05) is 13.1 Å². The van der Waals surface area contributed by atoms with E-state index in [1.165, 1.54) is 25.7 Å². The van der Waals surface area contributed by atoms with Crippen LogP contribution in [0, 0.1) is 11.8 Å². The molecule has 1 amide bonds. The molecule has 1 aromatic carbocycles. The Labute approximate surface area is 202 Å². The van der Waals surface area contributed by atoms with Crippen molar-refractivity contribution in [1.29, 1.82) is 0 Å². The quantitative estimate of drug-likeness (QED) is 0.579. The SMILES string of the molecule is CC(C)(C)NC(=O)[C@@H]1C[C@@H]2CCCC[C@@H]2CN1C[C@@H](O)[C@@H](N)c1cc(-c2ccccc2)cs1. The molecule has 2 aromatic rings. The molecule has 33 heavy (non-hydrogen) atoms. The smallest absolute Gasteiger partial charge is 0.237 e. The van der Waals surface area contributed by atoms with Gasteiger partial charge in [0.2, 0.25) is 5.91 Å². The maximum atomic E-state index is 13.2. The van der Waals surface area contributed by atoms with Crippen molar-refractivity contribution in [2.24, 2.45) is 17.6 Å². The van der Waals surface area contributed by atoms with E-state index in [-0.39, 0.29) is 17.5 Å². The van der Waals surface area contributed by atoms with E-state index in [0.717, 1.165) is 29.0 Å². The van der Waals surface area contributed by atoms with E-state index in [0.29, 0.717) is 18.4 Å². The number of nitrogens with one attached hydrogen (secondary N) is 1. The second-order valence-corrected chi connectivity index (χ2v) is 11.9. The third-order valence-electron chi connectivity index (χ3n) is 7.19. The average molecular weight is 470 g/mol. The summed E-state index contributed by atoms with van der Waals surface area (Å²) in [5.41, 5.74) is 8.54. The van der Waals surface area contributed by atoms with Crippen LogP contribution in [0.25, 0.3) is 11.1 Å². The molecule has 2 fully saturated rings. The third-order valence-corrected chi connectivity index (χ3v) is 8.23. The van der Waals surface area contributed by atoms with Gasteiger partial charge in [-0.2, -0.15) is 0 Å². The van der Waals surface area contributed by atoms with Gasteiger partial charge in [0.05, 0.1) is 18.2 Å². The second kappa shape index (κ2) is 10.3. The zero-order valence-corrected chi connectivity index (χ0v) is 21.0. The number of likely N-dealkylation sites (tertiary alicyclic amines) is 1. The van der Waals surface area contributed by atoms with Gasteiger partial charge in [-0.05, 0) is 68.0 Å². The maximum absolute atomic E-state index is 13.2. The van der Waals surface area contributed by atoms with E-state index in [1.54, 1.807) is 11.3 Å². The van der Waals surface area contributed by atoms with Crippen LogP contribution in [-0.2, 0) is 4.79 Å². The van der Waals surface area contributed by atoms with Crippen LogP contribution < -0.4 is 11.1 Å². The van der Waals surface area contributed by atoms with Crippen LogP contribution in [0.2, 0.25) is 0 Å². The average Bonchev–Trinajstić information content (AvgIpc) is 3.28. The molecular weight excluding hydrogens is 430 g/mol. The van der Waals surface area contributed by atoms with Crippen molar-refractivity contribution < 1.29 is 9.90 Å². The first-order chi connectivity index (χ1) is 15.7. The van der Waals surface area contributed by atoms with Crippen molar-refractivity contribution >= 4 is 17.2 Å². The standard InChI is InChI=1S/C27H39N3O2S/c1-27(2,3)29-26(32)22-13-19-11-7-8-12-20(19)15-30(22)16-23(31)25(28)24-14-21(17-33-24)18-9-5-4-6-10-18/h4-6,9-10,14,17,19-20,22-23,25,31H,7-8,11-13,15-16,28H2,1-3H3,(H,29,32)/t19-,20+,22-,23+,25+/m0/s1. The summed E-state index contributed by atoms with van der Waals surface area (Å²) < 4.78 is 0. The number of carbonyl (C=O) groups is 1. The molecule has 180 valence electrons. The molecule has 0 bridgehead atoms. The van der Waals surface area contributed by atoms with Crippen LogP contribution in [0.15, 0.2) is 41.8 Å². The fourth-order valence-corrected chi connectivity index (χ4v) is 6.46. The van der Waals surface area contributed by atoms with Gasteiger partial charge in [0, 0.05) is 23.5 Å². The monoisotopic (exact) mass is 469 g/mol. The number of hydrogen-bond acceptors (Lipinski definition) is 5. The number of thiophene rings is 1. The summed E-state index contributed by atoms with van der Waals surface area (Å²) in [5.74, 6) is 1.31. The Morgan fingerprint density at radius 2 is 1.88 bits per heavy atom. The summed E-state index contributed by atoms with van der Waals surface area (Å²) in [4.78, 5) is 16.4. The zero-order chi connectivity index (χ0) is 23.6. The lowest BCUT2D eigenvalue weighted by Crippen LogP contribution is -2.59. The van der Waals surface area contributed by atoms with Crippen molar-refractivity contribution in [1.82, 2.24) is 10.2 Å². The van der Waals surface area contributed by atoms with E-state index < -0.39 is 12.1 Å². The van der Waals surface area contributed by atoms with E-state index in [2.05, 4.69) is 33.8 Å². The minimum Gasteiger partial charge on any atom is -0.390 e. The lowest BCUT2D eigenvalue weighted by molar-refractivity contribution is -0.132. The molecule has 6 heteroatoms. The van der Waals surface area contributed by atoms with Gasteiger partial charge in [-0.3, -0.25) is 9.69 Å². The molecule has 0 unspecified atom stereocenters. The normalized spacial score (nSPS) is 25.8. The summed E-state index contributed by atoms with van der Waals surface area (Å²) in [6.45, 7) is 7.36. The minimum absolute atomic E-state index is 0.0785. The number of β-amino-alcohol motifs (C(OH)–C–C–N with tert-alkyl or cyclic N) is 1. The number of benzene rings is 1. The van der Waals surface area contributed by atoms with Gasteiger partial charge in [-0.1, -0.05) is 49.6 Å². The minimum atomic E-state index is -0.725. The summed E-state index contributed by atoms with van der Waals surface area (Å²) >= 11 is 1.59. The fourth-order valence-electron chi connectivity index (χ4n) is 5.48. The van der Waals surface area contributed by atoms with Gasteiger partial charge < -0.3 is 16.2 Å². The van der Waals surface area contributed by atoms with Crippen molar-refractivity contribution in [3.8, 4) is 11.1 Å². The molecular formula is C27H39N3O2S. The number of carbonyl (C=O) groups excluding carboxylic acids is 1. The molecule has 4 rings (SSSR count). The van der Waals surface area contributed by atoms with Gasteiger partial charge in [-0.15, -0.1) is 11.3 Å². The van der Waals surface area contributed by atoms with Crippen LogP contribution in [-0.4, -0.2) is 46.7 Å². The molecule has 1 saturated carbocycles. The van der Waals surface area contributed by atoms with Gasteiger partial charge in [0.25, 0.3) is 0 Å². The van der Waals surface area contributed by atoms with Crippen LogP contribution >= 0.6 is 11.3 Å². The van der Waals surface area contributed by atoms with Crippen molar-refractivity contribution in [3.05, 3.63) is 46.7 Å². The molecule has 1 aliphatic carbocycles. The Bertz CT molecular complexity index is 923. The van der Waals surface area contributed by atoms with Gasteiger partial charge >= 0.3 is 0 Å². The Hall–Kier alpha value is -1.73. The Morgan fingerprint density at radius 3 is 2.58 bits per heavy atom. The first-order valence-electron chi connectivity index (χ1n) is 12.3. The van der Waals surface area contributed by atoms with Gasteiger partial charge in [0.1, 0.15) is 0 Å². The molecule has 2 aliphatic rings. The molecule has 0 spiro atoms. The fraction of sp³-hybridized carbons (Fsp3) is 0.593. The topological polar surface area (TPSA) is 78.6 Å². The lowest BCUT2D eigenvalue weighted by atomic mass is 9.72. The molecule has 1 aliphatic heterocycles. The summed E-state index contributed by atoms with van der Waals surface area (Å²) in [6, 6.07) is 11.6. The van der Waals surface area contributed by atoms with Crippen LogP contribution in [0.3, 0.4) is 0 Å². The Morgan fingerprint density at radius 1 is 1.18 bits per heavy atom. The summed E-state index contributed by atoms with van der Waals surface area (Å²) in [5, 5.41) is 16.4. The highest BCUT2D eigenvalue weighted by Crippen LogP contribution is 2.39. The zero-order valence-electron chi connectivity index (χ0n) is 20.2. The van der Waals surface area contributed by atoms with Crippen LogP contribution in [0.5, 0.6) is 0 Å². The largest absolute Gasteiger partial charge is 0.390 e. The van der Waals surface area contributed by atoms with Gasteiger partial charge in [0.15, 0.2) is 0 Å². The molecule has 2 heterocycles. The van der Waals surface area contributed by atoms with E-state index in [1.807, 2.05) is 39.0 Å². The number of amides is 1. The number of aliphatic hydroxyl groups excluding tert-OH is 1. The van der Waals surface area contributed by atoms with E-state index in [9.17, 15) is 9.90 Å². The maximum Gasteiger partial charge on any atom is 0.237 e. The number of fused-ring (bicyclic) bond motifs is 1. The highest BCUT2D eigenvalue weighted by atomic mass is 32.1. The molecule has 4 N–H and O–H groups in total. The second-order valence-electron chi connectivity index (χ2n) is 10.9.